The maximum Gasteiger partial charge on any atom is 0.216 e. The van der Waals surface area contributed by atoms with E-state index in [9.17, 15) is 12.8 Å². The Kier molecular flexibility index (Phi) is 4.03. The molecule has 0 radical (unpaired) electrons. The van der Waals surface area contributed by atoms with Gasteiger partial charge in [-0.05, 0) is 48.8 Å². The van der Waals surface area contributed by atoms with E-state index in [-0.39, 0.29) is 17.2 Å². The summed E-state index contributed by atoms with van der Waals surface area (Å²) in [5, 5.41) is 0. The van der Waals surface area contributed by atoms with Crippen molar-refractivity contribution >= 4 is 10.0 Å². The van der Waals surface area contributed by atoms with Crippen LogP contribution in [0.2, 0.25) is 0 Å². The van der Waals surface area contributed by atoms with Gasteiger partial charge in [0, 0.05) is 19.3 Å². The zero-order valence-electron chi connectivity index (χ0n) is 11.8. The summed E-state index contributed by atoms with van der Waals surface area (Å²) < 4.78 is 45.9. The van der Waals surface area contributed by atoms with Crippen molar-refractivity contribution in [3.63, 3.8) is 0 Å². The molecule has 1 saturated heterocycles. The number of ether oxygens (including phenoxy) is 1. The lowest BCUT2D eigenvalue weighted by Crippen LogP contribution is -2.57. The second-order valence-corrected chi connectivity index (χ2v) is 7.83. The highest BCUT2D eigenvalue weighted by molar-refractivity contribution is 7.88. The van der Waals surface area contributed by atoms with Crippen LogP contribution >= 0.6 is 0 Å². The quantitative estimate of drug-likeness (QED) is 0.927. The summed E-state index contributed by atoms with van der Waals surface area (Å²) in [7, 11) is -3.44. The van der Waals surface area contributed by atoms with Gasteiger partial charge in [-0.1, -0.05) is 12.1 Å². The second-order valence-electron chi connectivity index (χ2n) is 6.07. The molecule has 2 fully saturated rings. The molecule has 1 spiro atoms. The van der Waals surface area contributed by atoms with E-state index >= 15 is 0 Å². The maximum absolute atomic E-state index is 13.1. The van der Waals surface area contributed by atoms with Crippen molar-refractivity contribution in [1.82, 2.24) is 4.72 Å². The third-order valence-electron chi connectivity index (χ3n) is 4.73. The zero-order valence-corrected chi connectivity index (χ0v) is 12.7. The van der Waals surface area contributed by atoms with Crippen molar-refractivity contribution in [2.45, 2.75) is 37.5 Å². The summed E-state index contributed by atoms with van der Waals surface area (Å²) in [4.78, 5) is 0. The summed E-state index contributed by atoms with van der Waals surface area (Å²) in [5.74, 6) is -0.583. The van der Waals surface area contributed by atoms with E-state index in [1.807, 2.05) is 0 Å². The van der Waals surface area contributed by atoms with Crippen molar-refractivity contribution in [2.24, 2.45) is 5.41 Å². The lowest BCUT2D eigenvalue weighted by Gasteiger charge is -2.51. The number of hydrogen-bond donors (Lipinski definition) is 1. The van der Waals surface area contributed by atoms with Crippen LogP contribution in [-0.2, 0) is 20.5 Å². The highest BCUT2D eigenvalue weighted by Gasteiger charge is 2.48. The first-order valence-electron chi connectivity index (χ1n) is 7.31. The Labute approximate surface area is 124 Å². The minimum Gasteiger partial charge on any atom is -0.381 e. The molecule has 6 heteroatoms. The molecule has 1 unspecified atom stereocenters. The van der Waals surface area contributed by atoms with Gasteiger partial charge in [0.1, 0.15) is 5.82 Å². The molecule has 1 N–H and O–H groups in total. The van der Waals surface area contributed by atoms with Crippen molar-refractivity contribution < 1.29 is 17.5 Å². The molecule has 1 aromatic rings. The third kappa shape index (κ3) is 3.27. The van der Waals surface area contributed by atoms with Crippen LogP contribution in [0, 0.1) is 11.2 Å². The standard InChI is InChI=1S/C15H20FNO3S/c16-13-3-1-2-12(10-13)11-21(18,19)17-14-4-5-15(14)6-8-20-9-7-15/h1-3,10,14,17H,4-9,11H2. The fourth-order valence-electron chi connectivity index (χ4n) is 3.36. The summed E-state index contributed by atoms with van der Waals surface area (Å²) >= 11 is 0. The van der Waals surface area contributed by atoms with Gasteiger partial charge in [0.05, 0.1) is 5.75 Å². The van der Waals surface area contributed by atoms with Crippen LogP contribution in [0.1, 0.15) is 31.2 Å². The summed E-state index contributed by atoms with van der Waals surface area (Å²) in [6.45, 7) is 1.42. The third-order valence-corrected chi connectivity index (χ3v) is 6.08. The first kappa shape index (κ1) is 14.9. The van der Waals surface area contributed by atoms with Gasteiger partial charge in [-0.25, -0.2) is 17.5 Å². The minimum atomic E-state index is -3.44. The Morgan fingerprint density at radius 1 is 1.29 bits per heavy atom. The molecular formula is C15H20FNO3S. The number of nitrogens with one attached hydrogen (secondary N) is 1. The minimum absolute atomic E-state index is 0.0000378. The molecule has 2 aliphatic rings. The normalized spacial score (nSPS) is 24.7. The average molecular weight is 313 g/mol. The van der Waals surface area contributed by atoms with Gasteiger partial charge >= 0.3 is 0 Å². The van der Waals surface area contributed by atoms with Crippen LogP contribution in [-0.4, -0.2) is 27.7 Å². The summed E-state index contributed by atoms with van der Waals surface area (Å²) in [5.41, 5.74) is 0.552. The Balaban J connectivity index is 1.66. The van der Waals surface area contributed by atoms with Gasteiger partial charge in [0.15, 0.2) is 0 Å². The monoisotopic (exact) mass is 313 g/mol. The van der Waals surface area contributed by atoms with Crippen molar-refractivity contribution in [1.29, 1.82) is 0 Å². The highest BCUT2D eigenvalue weighted by Crippen LogP contribution is 2.49. The van der Waals surface area contributed by atoms with Crippen molar-refractivity contribution in [2.75, 3.05) is 13.2 Å². The lowest BCUT2D eigenvalue weighted by molar-refractivity contribution is -0.0483. The number of hydrogen-bond acceptors (Lipinski definition) is 3. The Morgan fingerprint density at radius 2 is 2.05 bits per heavy atom. The SMILES string of the molecule is O=S(=O)(Cc1cccc(F)c1)NC1CCC12CCOCC2. The molecule has 1 atom stereocenters. The molecule has 4 nitrogen and oxygen atoms in total. The molecule has 1 heterocycles. The van der Waals surface area contributed by atoms with Crippen LogP contribution in [0.5, 0.6) is 0 Å². The number of halogens is 1. The molecule has 0 bridgehead atoms. The van der Waals surface area contributed by atoms with Gasteiger partial charge in [0.2, 0.25) is 10.0 Å². The van der Waals surface area contributed by atoms with Crippen molar-refractivity contribution in [3.8, 4) is 0 Å². The van der Waals surface area contributed by atoms with E-state index in [1.54, 1.807) is 6.07 Å². The van der Waals surface area contributed by atoms with Crippen LogP contribution in [0.3, 0.4) is 0 Å². The Bertz CT molecular complexity index is 611. The smallest absolute Gasteiger partial charge is 0.216 e. The molecular weight excluding hydrogens is 293 g/mol. The van der Waals surface area contributed by atoms with Crippen LogP contribution in [0.15, 0.2) is 24.3 Å². The number of rotatable bonds is 4. The summed E-state index contributed by atoms with van der Waals surface area (Å²) in [6, 6.07) is 5.74. The Morgan fingerprint density at radius 3 is 2.67 bits per heavy atom. The average Bonchev–Trinajstić information content (AvgIpc) is 2.44. The Hall–Kier alpha value is -0.980. The van der Waals surface area contributed by atoms with E-state index in [1.165, 1.54) is 18.2 Å². The highest BCUT2D eigenvalue weighted by atomic mass is 32.2. The molecule has 0 aromatic heterocycles. The largest absolute Gasteiger partial charge is 0.381 e. The van der Waals surface area contributed by atoms with Gasteiger partial charge in [-0.15, -0.1) is 0 Å². The molecule has 0 amide bonds. The molecule has 1 aliphatic carbocycles. The predicted molar refractivity (Wildman–Crippen MR) is 77.7 cm³/mol. The fourth-order valence-corrected chi connectivity index (χ4v) is 4.86. The fraction of sp³-hybridized carbons (Fsp3) is 0.600. The van der Waals surface area contributed by atoms with Gasteiger partial charge in [-0.2, -0.15) is 0 Å². The van der Waals surface area contributed by atoms with Crippen LogP contribution in [0.25, 0.3) is 0 Å². The zero-order chi connectivity index (χ0) is 14.9. The van der Waals surface area contributed by atoms with E-state index in [0.29, 0.717) is 18.8 Å². The molecule has 1 saturated carbocycles. The first-order chi connectivity index (χ1) is 9.99. The van der Waals surface area contributed by atoms with Crippen molar-refractivity contribution in [3.05, 3.63) is 35.6 Å². The van der Waals surface area contributed by atoms with Crippen LogP contribution < -0.4 is 4.72 Å². The summed E-state index contributed by atoms with van der Waals surface area (Å²) in [6.07, 6.45) is 3.77. The molecule has 1 aromatic carbocycles. The van der Waals surface area contributed by atoms with Gasteiger partial charge in [-0.3, -0.25) is 0 Å². The predicted octanol–water partition coefficient (Wildman–Crippen LogP) is 2.20. The van der Waals surface area contributed by atoms with Crippen LogP contribution in [0.4, 0.5) is 4.39 Å². The van der Waals surface area contributed by atoms with E-state index in [0.717, 1.165) is 25.7 Å². The van der Waals surface area contributed by atoms with Gasteiger partial charge < -0.3 is 4.74 Å². The molecule has 3 rings (SSSR count). The molecule has 21 heavy (non-hydrogen) atoms. The second kappa shape index (κ2) is 5.66. The van der Waals surface area contributed by atoms with E-state index < -0.39 is 15.8 Å². The molecule has 1 aliphatic heterocycles. The first-order valence-corrected chi connectivity index (χ1v) is 8.97. The maximum atomic E-state index is 13.1. The lowest BCUT2D eigenvalue weighted by atomic mass is 9.60. The van der Waals surface area contributed by atoms with E-state index in [2.05, 4.69) is 4.72 Å². The molecule has 116 valence electrons. The number of benzene rings is 1. The topological polar surface area (TPSA) is 55.4 Å². The number of sulfonamides is 1. The van der Waals surface area contributed by atoms with E-state index in [4.69, 9.17) is 4.74 Å². The van der Waals surface area contributed by atoms with Gasteiger partial charge in [0.25, 0.3) is 0 Å².